The molecule has 3 heteroatoms. The van der Waals surface area contributed by atoms with Crippen LogP contribution in [0.5, 0.6) is 0 Å². The first kappa shape index (κ1) is 12.8. The van der Waals surface area contributed by atoms with E-state index >= 15 is 0 Å². The highest BCUT2D eigenvalue weighted by molar-refractivity contribution is 5.67. The maximum atomic E-state index is 10.1. The zero-order chi connectivity index (χ0) is 12.2. The minimum Gasteiger partial charge on any atom is -0.397 e. The summed E-state index contributed by atoms with van der Waals surface area (Å²) < 4.78 is 0. The van der Waals surface area contributed by atoms with Gasteiger partial charge in [0.1, 0.15) is 0 Å². The van der Waals surface area contributed by atoms with Crippen molar-refractivity contribution in [2.45, 2.75) is 39.2 Å². The molecule has 0 saturated carbocycles. The Hall–Kier alpha value is -1.22. The molecule has 0 aliphatic rings. The summed E-state index contributed by atoms with van der Waals surface area (Å²) in [5.74, 6) is 0. The fourth-order valence-corrected chi connectivity index (χ4v) is 1.58. The molecule has 0 spiro atoms. The number of rotatable bonds is 5. The molecule has 0 bridgehead atoms. The Kier molecular flexibility index (Phi) is 4.19. The predicted octanol–water partition coefficient (Wildman–Crippen LogP) is 2.54. The molecule has 90 valence electrons. The Labute approximate surface area is 97.7 Å². The molecule has 1 aromatic rings. The second-order valence-electron chi connectivity index (χ2n) is 4.38. The summed E-state index contributed by atoms with van der Waals surface area (Å²) in [7, 11) is 0. The van der Waals surface area contributed by atoms with Crippen molar-refractivity contribution < 1.29 is 5.11 Å². The molecule has 1 rings (SSSR count). The number of nitrogens with one attached hydrogen (secondary N) is 1. The first-order valence-corrected chi connectivity index (χ1v) is 5.83. The van der Waals surface area contributed by atoms with Crippen LogP contribution in [0.2, 0.25) is 0 Å². The lowest BCUT2D eigenvalue weighted by molar-refractivity contribution is 0.0457. The number of anilines is 2. The van der Waals surface area contributed by atoms with Gasteiger partial charge in [0.15, 0.2) is 0 Å². The summed E-state index contributed by atoms with van der Waals surface area (Å²) in [6, 6.07) is 5.86. The molecule has 1 aromatic carbocycles. The molecule has 0 atom stereocenters. The quantitative estimate of drug-likeness (QED) is 0.671. The van der Waals surface area contributed by atoms with E-state index in [0.29, 0.717) is 6.54 Å². The van der Waals surface area contributed by atoms with Gasteiger partial charge in [0.25, 0.3) is 0 Å². The van der Waals surface area contributed by atoms with E-state index in [-0.39, 0.29) is 0 Å². The molecule has 4 N–H and O–H groups in total. The number of nitrogens with two attached hydrogens (primary N) is 1. The van der Waals surface area contributed by atoms with Crippen molar-refractivity contribution in [3.8, 4) is 0 Å². The van der Waals surface area contributed by atoms with Crippen LogP contribution in [0.15, 0.2) is 18.2 Å². The summed E-state index contributed by atoms with van der Waals surface area (Å²) in [5.41, 5.74) is 8.00. The van der Waals surface area contributed by atoms with E-state index < -0.39 is 5.60 Å². The van der Waals surface area contributed by atoms with Gasteiger partial charge in [-0.05, 0) is 37.5 Å². The van der Waals surface area contributed by atoms with Crippen LogP contribution in [0, 0.1) is 6.92 Å². The zero-order valence-electron chi connectivity index (χ0n) is 10.4. The van der Waals surface area contributed by atoms with Crippen molar-refractivity contribution in [1.82, 2.24) is 0 Å². The van der Waals surface area contributed by atoms with Crippen molar-refractivity contribution >= 4 is 11.4 Å². The molecule has 3 nitrogen and oxygen atoms in total. The maximum Gasteiger partial charge on any atom is 0.0814 e. The summed E-state index contributed by atoms with van der Waals surface area (Å²) in [6.45, 7) is 6.54. The number of hydrogen-bond acceptors (Lipinski definition) is 3. The fourth-order valence-electron chi connectivity index (χ4n) is 1.58. The molecule has 0 aliphatic heterocycles. The highest BCUT2D eigenvalue weighted by atomic mass is 16.3. The van der Waals surface area contributed by atoms with E-state index in [1.807, 2.05) is 39.0 Å². The molecule has 0 heterocycles. The van der Waals surface area contributed by atoms with Crippen LogP contribution in [0.4, 0.5) is 11.4 Å². The molecule has 0 radical (unpaired) electrons. The molecular formula is C13H22N2O. The molecule has 0 unspecified atom stereocenters. The maximum absolute atomic E-state index is 10.1. The monoisotopic (exact) mass is 222 g/mol. The Balaban J connectivity index is 2.70. The van der Waals surface area contributed by atoms with Crippen LogP contribution in [-0.4, -0.2) is 17.3 Å². The van der Waals surface area contributed by atoms with Gasteiger partial charge >= 0.3 is 0 Å². The summed E-state index contributed by atoms with van der Waals surface area (Å²) in [4.78, 5) is 0. The van der Waals surface area contributed by atoms with Crippen molar-refractivity contribution in [1.29, 1.82) is 0 Å². The van der Waals surface area contributed by atoms with E-state index in [2.05, 4.69) is 5.32 Å². The second kappa shape index (κ2) is 5.21. The third-order valence-corrected chi connectivity index (χ3v) is 3.13. The third kappa shape index (κ3) is 3.14. The van der Waals surface area contributed by atoms with Crippen LogP contribution in [0.3, 0.4) is 0 Å². The minimum atomic E-state index is -0.643. The standard InChI is InChI=1S/C13H22N2O/c1-4-13(16,5-2)9-15-12-8-10(3)6-7-11(12)14/h6-8,15-16H,4-5,9,14H2,1-3H3. The number of nitrogen functional groups attached to an aromatic ring is 1. The number of aryl methyl sites for hydroxylation is 1. The summed E-state index contributed by atoms with van der Waals surface area (Å²) in [5, 5.41) is 13.4. The molecule has 0 saturated heterocycles. The Morgan fingerprint density at radius 3 is 2.50 bits per heavy atom. The molecule has 0 amide bonds. The van der Waals surface area contributed by atoms with E-state index in [9.17, 15) is 5.11 Å². The fraction of sp³-hybridized carbons (Fsp3) is 0.538. The molecule has 0 aromatic heterocycles. The Bertz CT molecular complexity index is 346. The summed E-state index contributed by atoms with van der Waals surface area (Å²) >= 11 is 0. The van der Waals surface area contributed by atoms with Gasteiger partial charge in [-0.2, -0.15) is 0 Å². The first-order valence-electron chi connectivity index (χ1n) is 5.83. The number of benzene rings is 1. The van der Waals surface area contributed by atoms with Gasteiger partial charge in [-0.25, -0.2) is 0 Å². The van der Waals surface area contributed by atoms with Gasteiger partial charge in [0.05, 0.1) is 17.0 Å². The van der Waals surface area contributed by atoms with Gasteiger partial charge in [0, 0.05) is 6.54 Å². The van der Waals surface area contributed by atoms with Crippen molar-refractivity contribution in [3.63, 3.8) is 0 Å². The van der Waals surface area contributed by atoms with Crippen LogP contribution < -0.4 is 11.1 Å². The van der Waals surface area contributed by atoms with Gasteiger partial charge in [0.2, 0.25) is 0 Å². The lowest BCUT2D eigenvalue weighted by Gasteiger charge is -2.26. The highest BCUT2D eigenvalue weighted by Gasteiger charge is 2.21. The molecule has 0 aliphatic carbocycles. The smallest absolute Gasteiger partial charge is 0.0814 e. The van der Waals surface area contributed by atoms with Crippen LogP contribution >= 0.6 is 0 Å². The Morgan fingerprint density at radius 2 is 1.94 bits per heavy atom. The number of aliphatic hydroxyl groups is 1. The third-order valence-electron chi connectivity index (χ3n) is 3.13. The van der Waals surface area contributed by atoms with Crippen molar-refractivity contribution in [2.75, 3.05) is 17.6 Å². The SMILES string of the molecule is CCC(O)(CC)CNc1cc(C)ccc1N. The van der Waals surface area contributed by atoms with Gasteiger partial charge in [-0.3, -0.25) is 0 Å². The predicted molar refractivity (Wildman–Crippen MR) is 69.6 cm³/mol. The lowest BCUT2D eigenvalue weighted by atomic mass is 9.97. The van der Waals surface area contributed by atoms with Crippen LogP contribution in [0.25, 0.3) is 0 Å². The van der Waals surface area contributed by atoms with E-state index in [1.54, 1.807) is 0 Å². The topological polar surface area (TPSA) is 58.3 Å². The van der Waals surface area contributed by atoms with Crippen LogP contribution in [0.1, 0.15) is 32.3 Å². The van der Waals surface area contributed by atoms with Crippen molar-refractivity contribution in [2.24, 2.45) is 0 Å². The lowest BCUT2D eigenvalue weighted by Crippen LogP contribution is -2.35. The molecule has 16 heavy (non-hydrogen) atoms. The highest BCUT2D eigenvalue weighted by Crippen LogP contribution is 2.22. The minimum absolute atomic E-state index is 0.535. The van der Waals surface area contributed by atoms with Crippen molar-refractivity contribution in [3.05, 3.63) is 23.8 Å². The zero-order valence-corrected chi connectivity index (χ0v) is 10.4. The largest absolute Gasteiger partial charge is 0.397 e. The van der Waals surface area contributed by atoms with Gasteiger partial charge < -0.3 is 16.2 Å². The summed E-state index contributed by atoms with van der Waals surface area (Å²) in [6.07, 6.45) is 1.48. The van der Waals surface area contributed by atoms with Gasteiger partial charge in [-0.15, -0.1) is 0 Å². The second-order valence-corrected chi connectivity index (χ2v) is 4.38. The molecular weight excluding hydrogens is 200 g/mol. The van der Waals surface area contributed by atoms with E-state index in [0.717, 1.165) is 29.8 Å². The Morgan fingerprint density at radius 1 is 1.31 bits per heavy atom. The van der Waals surface area contributed by atoms with Crippen LogP contribution in [-0.2, 0) is 0 Å². The molecule has 0 fully saturated rings. The van der Waals surface area contributed by atoms with E-state index in [4.69, 9.17) is 5.73 Å². The van der Waals surface area contributed by atoms with Gasteiger partial charge in [-0.1, -0.05) is 19.9 Å². The number of hydrogen-bond donors (Lipinski definition) is 3. The first-order chi connectivity index (χ1) is 7.50. The average molecular weight is 222 g/mol. The average Bonchev–Trinajstić information content (AvgIpc) is 2.30. The van der Waals surface area contributed by atoms with E-state index in [1.165, 1.54) is 0 Å². The normalized spacial score (nSPS) is 11.5.